The average molecular weight is 447 g/mol. The van der Waals surface area contributed by atoms with Crippen molar-refractivity contribution in [2.45, 2.75) is 25.6 Å². The van der Waals surface area contributed by atoms with Gasteiger partial charge in [-0.25, -0.2) is 4.39 Å². The fraction of sp³-hybridized carbons (Fsp3) is 0.167. The second-order valence-electron chi connectivity index (χ2n) is 7.66. The van der Waals surface area contributed by atoms with Crippen molar-refractivity contribution < 1.29 is 14.0 Å². The highest BCUT2D eigenvalue weighted by molar-refractivity contribution is 6.40. The quantitative estimate of drug-likeness (QED) is 0.575. The summed E-state index contributed by atoms with van der Waals surface area (Å²) >= 11 is 0. The Morgan fingerprint density at radius 2 is 1.73 bits per heavy atom. The molecule has 0 spiro atoms. The van der Waals surface area contributed by atoms with Crippen LogP contribution in [0.1, 0.15) is 17.5 Å². The van der Waals surface area contributed by atoms with E-state index < -0.39 is 23.7 Å². The van der Waals surface area contributed by atoms with E-state index in [0.717, 1.165) is 11.1 Å². The van der Waals surface area contributed by atoms with E-state index in [9.17, 15) is 18.8 Å². The number of hydrogen-bond acceptors (Lipinski definition) is 5. The van der Waals surface area contributed by atoms with Crippen LogP contribution in [-0.2, 0) is 22.7 Å². The molecule has 2 amide bonds. The van der Waals surface area contributed by atoms with Gasteiger partial charge in [0.05, 0.1) is 12.2 Å². The highest BCUT2D eigenvalue weighted by atomic mass is 19.1. The second kappa shape index (κ2) is 9.47. The van der Waals surface area contributed by atoms with E-state index in [1.807, 2.05) is 24.3 Å². The SMILES string of the molecule is NC(=O)C1CC(C(=O)NCc2ccc(Cn3ccccc3=O)cc2)=NN1c1ccc(F)cc1. The molecule has 3 N–H and O–H groups in total. The summed E-state index contributed by atoms with van der Waals surface area (Å²) in [6.07, 6.45) is 1.79. The summed E-state index contributed by atoms with van der Waals surface area (Å²) in [6, 6.07) is 17.2. The van der Waals surface area contributed by atoms with Crippen LogP contribution in [0.2, 0.25) is 0 Å². The molecule has 8 nitrogen and oxygen atoms in total. The number of pyridine rings is 1. The maximum atomic E-state index is 13.2. The topological polar surface area (TPSA) is 110 Å². The molecule has 2 aromatic carbocycles. The van der Waals surface area contributed by atoms with Gasteiger partial charge in [-0.2, -0.15) is 5.10 Å². The number of rotatable bonds is 7. The third-order valence-corrected chi connectivity index (χ3v) is 5.32. The van der Waals surface area contributed by atoms with Crippen LogP contribution in [-0.4, -0.2) is 28.1 Å². The zero-order chi connectivity index (χ0) is 23.4. The molecule has 1 atom stereocenters. The minimum absolute atomic E-state index is 0.0588. The summed E-state index contributed by atoms with van der Waals surface area (Å²) in [5, 5.41) is 8.39. The Morgan fingerprint density at radius 3 is 2.39 bits per heavy atom. The Balaban J connectivity index is 1.39. The monoisotopic (exact) mass is 447 g/mol. The lowest BCUT2D eigenvalue weighted by atomic mass is 10.1. The molecule has 0 saturated carbocycles. The second-order valence-corrected chi connectivity index (χ2v) is 7.66. The summed E-state index contributed by atoms with van der Waals surface area (Å²) in [5.74, 6) is -1.46. The van der Waals surface area contributed by atoms with E-state index in [4.69, 9.17) is 5.73 Å². The standard InChI is InChI=1S/C24H22FN5O3/c25-18-8-10-19(11-9-18)30-21(23(26)32)13-20(28-30)24(33)27-14-16-4-6-17(7-5-16)15-29-12-2-1-3-22(29)31/h1-12,21H,13-15H2,(H2,26,32)(H,27,33). The molecule has 1 aliphatic heterocycles. The lowest BCUT2D eigenvalue weighted by molar-refractivity contribution is -0.119. The molecule has 0 aliphatic carbocycles. The first-order chi connectivity index (χ1) is 15.9. The van der Waals surface area contributed by atoms with Crippen molar-refractivity contribution in [1.82, 2.24) is 9.88 Å². The summed E-state index contributed by atoms with van der Waals surface area (Å²) < 4.78 is 14.8. The molecule has 0 saturated heterocycles. The van der Waals surface area contributed by atoms with Crippen LogP contribution >= 0.6 is 0 Å². The Morgan fingerprint density at radius 1 is 1.03 bits per heavy atom. The maximum absolute atomic E-state index is 13.2. The fourth-order valence-corrected chi connectivity index (χ4v) is 3.54. The van der Waals surface area contributed by atoms with Crippen LogP contribution in [0.25, 0.3) is 0 Å². The molecule has 2 heterocycles. The molecule has 0 fully saturated rings. The van der Waals surface area contributed by atoms with Crippen LogP contribution in [0.5, 0.6) is 0 Å². The molecule has 1 aromatic heterocycles. The molecule has 1 unspecified atom stereocenters. The van der Waals surface area contributed by atoms with Gasteiger partial charge >= 0.3 is 0 Å². The third-order valence-electron chi connectivity index (χ3n) is 5.32. The van der Waals surface area contributed by atoms with E-state index in [2.05, 4.69) is 10.4 Å². The minimum Gasteiger partial charge on any atom is -0.368 e. The molecule has 9 heteroatoms. The average Bonchev–Trinajstić information content (AvgIpc) is 3.26. The highest BCUT2D eigenvalue weighted by Gasteiger charge is 2.34. The number of nitrogens with one attached hydrogen (secondary N) is 1. The highest BCUT2D eigenvalue weighted by Crippen LogP contribution is 2.25. The Hall–Kier alpha value is -4.27. The van der Waals surface area contributed by atoms with Gasteiger partial charge in [0.2, 0.25) is 5.91 Å². The van der Waals surface area contributed by atoms with Crippen molar-refractivity contribution in [3.63, 3.8) is 0 Å². The Bertz CT molecular complexity index is 1250. The molecule has 1 aliphatic rings. The van der Waals surface area contributed by atoms with E-state index in [-0.39, 0.29) is 24.2 Å². The van der Waals surface area contributed by atoms with Gasteiger partial charge in [0, 0.05) is 25.2 Å². The van der Waals surface area contributed by atoms with Gasteiger partial charge in [-0.1, -0.05) is 30.3 Å². The molecular formula is C24H22FN5O3. The Kier molecular flexibility index (Phi) is 6.30. The number of anilines is 1. The molecule has 3 aromatic rings. The number of primary amides is 1. The molecule has 168 valence electrons. The summed E-state index contributed by atoms with van der Waals surface area (Å²) in [6.45, 7) is 0.720. The predicted octanol–water partition coefficient (Wildman–Crippen LogP) is 1.77. The maximum Gasteiger partial charge on any atom is 0.267 e. The first kappa shape index (κ1) is 21.9. The summed E-state index contributed by atoms with van der Waals surface area (Å²) in [5.41, 5.74) is 7.87. The van der Waals surface area contributed by atoms with Gasteiger partial charge in [0.15, 0.2) is 0 Å². The minimum atomic E-state index is -0.822. The summed E-state index contributed by atoms with van der Waals surface area (Å²) in [4.78, 5) is 36.4. The zero-order valence-electron chi connectivity index (χ0n) is 17.6. The first-order valence-electron chi connectivity index (χ1n) is 10.3. The van der Waals surface area contributed by atoms with Gasteiger partial charge in [-0.05, 0) is 41.5 Å². The number of hydrazone groups is 1. The van der Waals surface area contributed by atoms with Gasteiger partial charge in [-0.15, -0.1) is 0 Å². The van der Waals surface area contributed by atoms with Crippen LogP contribution < -0.4 is 21.6 Å². The third kappa shape index (κ3) is 5.15. The normalized spacial score (nSPS) is 15.2. The first-order valence-corrected chi connectivity index (χ1v) is 10.3. The molecule has 0 radical (unpaired) electrons. The van der Waals surface area contributed by atoms with Crippen molar-refractivity contribution in [3.8, 4) is 0 Å². The van der Waals surface area contributed by atoms with Gasteiger partial charge in [0.25, 0.3) is 11.5 Å². The fourth-order valence-electron chi connectivity index (χ4n) is 3.54. The number of nitrogens with zero attached hydrogens (tertiary/aromatic N) is 3. The van der Waals surface area contributed by atoms with Crippen molar-refractivity contribution in [2.24, 2.45) is 10.8 Å². The lowest BCUT2D eigenvalue weighted by Gasteiger charge is -2.20. The summed E-state index contributed by atoms with van der Waals surface area (Å²) in [7, 11) is 0. The van der Waals surface area contributed by atoms with Crippen LogP contribution in [0.3, 0.4) is 0 Å². The number of nitrogens with two attached hydrogens (primary N) is 1. The number of carbonyl (C=O) groups excluding carboxylic acids is 2. The zero-order valence-corrected chi connectivity index (χ0v) is 17.6. The van der Waals surface area contributed by atoms with Crippen LogP contribution in [0, 0.1) is 5.82 Å². The largest absolute Gasteiger partial charge is 0.368 e. The van der Waals surface area contributed by atoms with Gasteiger partial charge in [0.1, 0.15) is 17.6 Å². The smallest absolute Gasteiger partial charge is 0.267 e. The van der Waals surface area contributed by atoms with Gasteiger partial charge < -0.3 is 15.6 Å². The number of halogens is 1. The van der Waals surface area contributed by atoms with Crippen molar-refractivity contribution in [3.05, 3.63) is 100 Å². The Labute approximate surface area is 189 Å². The molecular weight excluding hydrogens is 425 g/mol. The van der Waals surface area contributed by atoms with Crippen LogP contribution in [0.4, 0.5) is 10.1 Å². The van der Waals surface area contributed by atoms with E-state index in [1.54, 1.807) is 22.9 Å². The lowest BCUT2D eigenvalue weighted by Crippen LogP contribution is -2.39. The molecule has 4 rings (SSSR count). The van der Waals surface area contributed by atoms with Crippen LogP contribution in [0.15, 0.2) is 82.8 Å². The van der Waals surface area contributed by atoms with E-state index in [0.29, 0.717) is 12.2 Å². The predicted molar refractivity (Wildman–Crippen MR) is 122 cm³/mol. The molecule has 33 heavy (non-hydrogen) atoms. The number of aromatic nitrogens is 1. The van der Waals surface area contributed by atoms with E-state index in [1.165, 1.54) is 35.3 Å². The number of carbonyl (C=O) groups is 2. The van der Waals surface area contributed by atoms with E-state index >= 15 is 0 Å². The number of amides is 2. The van der Waals surface area contributed by atoms with Crippen molar-refractivity contribution in [1.29, 1.82) is 0 Å². The van der Waals surface area contributed by atoms with Gasteiger partial charge in [-0.3, -0.25) is 19.4 Å². The van der Waals surface area contributed by atoms with Crippen molar-refractivity contribution >= 4 is 23.2 Å². The molecule has 0 bridgehead atoms. The number of hydrogen-bond donors (Lipinski definition) is 2. The van der Waals surface area contributed by atoms with Crippen molar-refractivity contribution in [2.75, 3.05) is 5.01 Å². The number of benzene rings is 2.